The van der Waals surface area contributed by atoms with Crippen molar-refractivity contribution in [2.75, 3.05) is 5.75 Å². The van der Waals surface area contributed by atoms with Crippen molar-refractivity contribution in [1.29, 1.82) is 0 Å². The van der Waals surface area contributed by atoms with E-state index >= 15 is 0 Å². The van der Waals surface area contributed by atoms with Crippen molar-refractivity contribution in [2.24, 2.45) is 0 Å². The van der Waals surface area contributed by atoms with Gasteiger partial charge in [0.05, 0.1) is 5.02 Å². The van der Waals surface area contributed by atoms with Crippen LogP contribution in [0.25, 0.3) is 0 Å². The predicted octanol–water partition coefficient (Wildman–Crippen LogP) is 1.88. The smallest absolute Gasteiger partial charge is 0.129 e. The molecule has 1 N–H and O–H groups in total. The zero-order chi connectivity index (χ0) is 8.10. The highest BCUT2D eigenvalue weighted by Crippen LogP contribution is 2.04. The van der Waals surface area contributed by atoms with Gasteiger partial charge < -0.3 is 4.55 Å². The number of hydrogen-bond acceptors (Lipinski definition) is 4. The second-order valence-electron chi connectivity index (χ2n) is 1.90. The van der Waals surface area contributed by atoms with Crippen LogP contribution in [0.4, 0.5) is 0 Å². The normalized spacial score (nSPS) is 10.0. The van der Waals surface area contributed by atoms with E-state index in [9.17, 15) is 0 Å². The first kappa shape index (κ1) is 8.77. The molecule has 0 amide bonds. The summed E-state index contributed by atoms with van der Waals surface area (Å²) in [6.45, 7) is 0. The Kier molecular flexibility index (Phi) is 3.62. The molecule has 11 heavy (non-hydrogen) atoms. The highest BCUT2D eigenvalue weighted by molar-refractivity contribution is 7.93. The zero-order valence-corrected chi connectivity index (χ0v) is 7.27. The third-order valence-electron chi connectivity index (χ3n) is 1.09. The van der Waals surface area contributed by atoms with Crippen LogP contribution < -0.4 is 0 Å². The summed E-state index contributed by atoms with van der Waals surface area (Å²) >= 11 is 6.35. The number of aromatic nitrogens is 2. The Bertz CT molecular complexity index is 216. The molecule has 0 aliphatic rings. The Morgan fingerprint density at radius 2 is 2.09 bits per heavy atom. The van der Waals surface area contributed by atoms with E-state index < -0.39 is 0 Å². The summed E-state index contributed by atoms with van der Waals surface area (Å²) in [7, 11) is 0. The van der Waals surface area contributed by atoms with Crippen molar-refractivity contribution in [2.45, 2.75) is 6.42 Å². The van der Waals surface area contributed by atoms with Crippen molar-refractivity contribution in [3.63, 3.8) is 0 Å². The van der Waals surface area contributed by atoms with Gasteiger partial charge >= 0.3 is 0 Å². The van der Waals surface area contributed by atoms with Crippen LogP contribution in [0.2, 0.25) is 5.02 Å². The third kappa shape index (κ3) is 3.05. The number of hydrogen-bond donors (Lipinski definition) is 1. The van der Waals surface area contributed by atoms with Gasteiger partial charge in [0.1, 0.15) is 5.82 Å². The van der Waals surface area contributed by atoms with Gasteiger partial charge in [-0.05, 0) is 12.0 Å². The maximum absolute atomic E-state index is 8.42. The van der Waals surface area contributed by atoms with Crippen molar-refractivity contribution in [3.05, 3.63) is 23.2 Å². The lowest BCUT2D eigenvalue weighted by atomic mass is 10.4. The molecule has 0 aliphatic carbocycles. The summed E-state index contributed by atoms with van der Waals surface area (Å²) in [5, 5.41) is 0.533. The molecule has 0 bridgehead atoms. The second kappa shape index (κ2) is 4.54. The van der Waals surface area contributed by atoms with E-state index in [0.717, 1.165) is 12.0 Å². The molecule has 1 rings (SSSR count). The SMILES string of the molecule is OSCCc1ncc(Cl)cn1. The molecule has 5 heteroatoms. The van der Waals surface area contributed by atoms with Gasteiger partial charge in [-0.25, -0.2) is 9.97 Å². The molecular weight excluding hydrogens is 184 g/mol. The quantitative estimate of drug-likeness (QED) is 0.740. The first-order valence-corrected chi connectivity index (χ1v) is 4.38. The molecule has 60 valence electrons. The van der Waals surface area contributed by atoms with Crippen LogP contribution in [0.1, 0.15) is 5.82 Å². The maximum atomic E-state index is 8.42. The molecule has 1 aromatic heterocycles. The Morgan fingerprint density at radius 1 is 1.45 bits per heavy atom. The molecule has 0 saturated heterocycles. The van der Waals surface area contributed by atoms with Gasteiger partial charge in [-0.15, -0.1) is 0 Å². The van der Waals surface area contributed by atoms with Gasteiger partial charge in [0.25, 0.3) is 0 Å². The molecule has 3 nitrogen and oxygen atoms in total. The Labute approximate surface area is 74.0 Å². The van der Waals surface area contributed by atoms with E-state index in [0.29, 0.717) is 23.0 Å². The van der Waals surface area contributed by atoms with Crippen LogP contribution in [0.5, 0.6) is 0 Å². The summed E-state index contributed by atoms with van der Waals surface area (Å²) in [5.41, 5.74) is 0. The van der Waals surface area contributed by atoms with Gasteiger partial charge in [-0.2, -0.15) is 0 Å². The minimum Gasteiger partial charge on any atom is -0.330 e. The molecule has 0 atom stereocenters. The highest BCUT2D eigenvalue weighted by Gasteiger charge is 1.95. The molecule has 0 aromatic carbocycles. The number of aryl methyl sites for hydroxylation is 1. The largest absolute Gasteiger partial charge is 0.330 e. The van der Waals surface area contributed by atoms with Gasteiger partial charge in [0.15, 0.2) is 0 Å². The fourth-order valence-corrected chi connectivity index (χ4v) is 0.977. The minimum atomic E-state index is 0.533. The Hall–Kier alpha value is -0.320. The van der Waals surface area contributed by atoms with E-state index in [-0.39, 0.29) is 0 Å². The van der Waals surface area contributed by atoms with Gasteiger partial charge in [0, 0.05) is 24.6 Å². The molecule has 0 saturated carbocycles. The predicted molar refractivity (Wildman–Crippen MR) is 45.8 cm³/mol. The van der Waals surface area contributed by atoms with Crippen LogP contribution in [-0.4, -0.2) is 20.3 Å². The first-order valence-electron chi connectivity index (χ1n) is 3.05. The number of rotatable bonds is 3. The molecule has 0 aliphatic heterocycles. The van der Waals surface area contributed by atoms with Gasteiger partial charge in [-0.3, -0.25) is 0 Å². The van der Waals surface area contributed by atoms with Crippen LogP contribution in [-0.2, 0) is 6.42 Å². The molecule has 0 fully saturated rings. The average Bonchev–Trinajstić information content (AvgIpc) is 2.04. The van der Waals surface area contributed by atoms with Crippen molar-refractivity contribution in [1.82, 2.24) is 9.97 Å². The van der Waals surface area contributed by atoms with Gasteiger partial charge in [0.2, 0.25) is 0 Å². The second-order valence-corrected chi connectivity index (χ2v) is 3.00. The minimum absolute atomic E-state index is 0.533. The summed E-state index contributed by atoms with van der Waals surface area (Å²) in [4.78, 5) is 7.90. The van der Waals surface area contributed by atoms with Crippen molar-refractivity contribution >= 4 is 23.6 Å². The monoisotopic (exact) mass is 190 g/mol. The van der Waals surface area contributed by atoms with E-state index in [1.807, 2.05) is 0 Å². The molecule has 0 radical (unpaired) electrons. The lowest BCUT2D eigenvalue weighted by molar-refractivity contribution is 0.662. The lowest BCUT2D eigenvalue weighted by Gasteiger charge is -1.95. The first-order chi connectivity index (χ1) is 5.33. The molecule has 1 heterocycles. The van der Waals surface area contributed by atoms with E-state index in [4.69, 9.17) is 16.2 Å². The Morgan fingerprint density at radius 3 is 2.64 bits per heavy atom. The standard InChI is InChI=1S/C6H7ClN2OS/c7-5-3-8-6(9-4-5)1-2-11-10/h3-4,10H,1-2H2. The summed E-state index contributed by atoms with van der Waals surface area (Å²) in [6, 6.07) is 0. The van der Waals surface area contributed by atoms with Gasteiger partial charge in [-0.1, -0.05) is 11.6 Å². The molecule has 1 aromatic rings. The van der Waals surface area contributed by atoms with Crippen LogP contribution in [0, 0.1) is 0 Å². The van der Waals surface area contributed by atoms with Crippen LogP contribution >= 0.6 is 23.6 Å². The topological polar surface area (TPSA) is 46.0 Å². The number of halogens is 1. The van der Waals surface area contributed by atoms with Crippen molar-refractivity contribution in [3.8, 4) is 0 Å². The van der Waals surface area contributed by atoms with E-state index in [1.54, 1.807) is 12.4 Å². The maximum Gasteiger partial charge on any atom is 0.129 e. The van der Waals surface area contributed by atoms with Crippen LogP contribution in [0.3, 0.4) is 0 Å². The highest BCUT2D eigenvalue weighted by atomic mass is 35.5. The zero-order valence-electron chi connectivity index (χ0n) is 5.70. The average molecular weight is 191 g/mol. The number of nitrogens with zero attached hydrogens (tertiary/aromatic N) is 2. The molecule has 0 spiro atoms. The molecular formula is C6H7ClN2OS. The lowest BCUT2D eigenvalue weighted by Crippen LogP contribution is -1.95. The van der Waals surface area contributed by atoms with Crippen LogP contribution in [0.15, 0.2) is 12.4 Å². The van der Waals surface area contributed by atoms with E-state index in [1.165, 1.54) is 0 Å². The molecule has 0 unspecified atom stereocenters. The fourth-order valence-electron chi connectivity index (χ4n) is 0.605. The Balaban J connectivity index is 2.52. The van der Waals surface area contributed by atoms with Crippen molar-refractivity contribution < 1.29 is 4.55 Å². The summed E-state index contributed by atoms with van der Waals surface area (Å²) in [6.07, 6.45) is 3.76. The summed E-state index contributed by atoms with van der Waals surface area (Å²) in [5.74, 6) is 1.32. The fraction of sp³-hybridized carbons (Fsp3) is 0.333. The third-order valence-corrected chi connectivity index (χ3v) is 1.67. The summed E-state index contributed by atoms with van der Waals surface area (Å²) < 4.78 is 8.42. The van der Waals surface area contributed by atoms with E-state index in [2.05, 4.69) is 9.97 Å².